The zero-order valence-corrected chi connectivity index (χ0v) is 12.4. The minimum absolute atomic E-state index is 0.734. The van der Waals surface area contributed by atoms with Crippen LogP contribution in [0, 0.1) is 6.92 Å². The summed E-state index contributed by atoms with van der Waals surface area (Å²) in [7, 11) is 3.65. The topological polar surface area (TPSA) is 31.2 Å². The number of methoxy groups -OCH3 is 1. The first kappa shape index (κ1) is 13.4. The van der Waals surface area contributed by atoms with E-state index in [9.17, 15) is 4.79 Å². The Kier molecular flexibility index (Phi) is 3.26. The molecular formula is C18H17NO2. The Morgan fingerprint density at radius 2 is 1.90 bits per heavy atom. The van der Waals surface area contributed by atoms with Gasteiger partial charge in [-0.15, -0.1) is 0 Å². The molecule has 1 aromatic heterocycles. The number of para-hydroxylation sites is 1. The third kappa shape index (κ3) is 2.02. The lowest BCUT2D eigenvalue weighted by Crippen LogP contribution is -1.95. The number of carbonyl (C=O) groups is 1. The third-order valence-corrected chi connectivity index (χ3v) is 3.93. The van der Waals surface area contributed by atoms with Crippen LogP contribution in [-0.2, 0) is 7.05 Å². The molecule has 0 N–H and O–H groups in total. The fourth-order valence-electron chi connectivity index (χ4n) is 2.92. The minimum Gasteiger partial charge on any atom is -0.496 e. The van der Waals surface area contributed by atoms with Crippen molar-refractivity contribution in [3.8, 4) is 17.0 Å². The highest BCUT2D eigenvalue weighted by molar-refractivity contribution is 6.05. The SMILES string of the molecule is COc1ccc(-c2c(C=O)c3ccccc3n2C)cc1C. The van der Waals surface area contributed by atoms with Gasteiger partial charge in [-0.1, -0.05) is 18.2 Å². The van der Waals surface area contributed by atoms with Crippen LogP contribution in [0.5, 0.6) is 5.75 Å². The fourth-order valence-corrected chi connectivity index (χ4v) is 2.92. The molecule has 3 rings (SSSR count). The quantitative estimate of drug-likeness (QED) is 0.679. The van der Waals surface area contributed by atoms with Gasteiger partial charge in [-0.25, -0.2) is 0 Å². The Morgan fingerprint density at radius 3 is 2.57 bits per heavy atom. The van der Waals surface area contributed by atoms with Gasteiger partial charge in [0.05, 0.1) is 12.8 Å². The molecule has 0 amide bonds. The Morgan fingerprint density at radius 1 is 1.14 bits per heavy atom. The van der Waals surface area contributed by atoms with Gasteiger partial charge in [-0.2, -0.15) is 0 Å². The molecule has 3 nitrogen and oxygen atoms in total. The molecule has 0 aliphatic rings. The Bertz CT molecular complexity index is 831. The second-order valence-corrected chi connectivity index (χ2v) is 5.14. The largest absolute Gasteiger partial charge is 0.496 e. The van der Waals surface area contributed by atoms with Crippen LogP contribution in [0.25, 0.3) is 22.2 Å². The van der Waals surface area contributed by atoms with Crippen molar-refractivity contribution in [1.82, 2.24) is 4.57 Å². The van der Waals surface area contributed by atoms with Crippen LogP contribution in [-0.4, -0.2) is 18.0 Å². The number of hydrogen-bond donors (Lipinski definition) is 0. The number of fused-ring (bicyclic) bond motifs is 1. The standard InChI is InChI=1S/C18H17NO2/c1-12-10-13(8-9-17(12)21-3)18-15(11-20)14-6-4-5-7-16(14)19(18)2/h4-11H,1-3H3. The molecule has 1 heterocycles. The van der Waals surface area contributed by atoms with Gasteiger partial charge < -0.3 is 9.30 Å². The number of aryl methyl sites for hydroxylation is 2. The molecule has 106 valence electrons. The van der Waals surface area contributed by atoms with Crippen molar-refractivity contribution in [2.24, 2.45) is 7.05 Å². The summed E-state index contributed by atoms with van der Waals surface area (Å²) in [4.78, 5) is 11.6. The predicted molar refractivity (Wildman–Crippen MR) is 85.0 cm³/mol. The molecule has 0 saturated heterocycles. The lowest BCUT2D eigenvalue weighted by Gasteiger charge is -2.09. The lowest BCUT2D eigenvalue weighted by atomic mass is 10.0. The van der Waals surface area contributed by atoms with E-state index in [1.807, 2.05) is 50.4 Å². The van der Waals surface area contributed by atoms with E-state index in [1.54, 1.807) is 7.11 Å². The van der Waals surface area contributed by atoms with Crippen LogP contribution >= 0.6 is 0 Å². The maximum absolute atomic E-state index is 11.6. The summed E-state index contributed by atoms with van der Waals surface area (Å²) in [6.07, 6.45) is 0.942. The van der Waals surface area contributed by atoms with Gasteiger partial charge in [0.1, 0.15) is 5.75 Å². The predicted octanol–water partition coefficient (Wildman–Crippen LogP) is 3.97. The molecule has 0 atom stereocenters. The van der Waals surface area contributed by atoms with Crippen LogP contribution in [0.1, 0.15) is 15.9 Å². The molecule has 3 heteroatoms. The van der Waals surface area contributed by atoms with E-state index in [0.29, 0.717) is 0 Å². The van der Waals surface area contributed by atoms with Crippen LogP contribution in [0.4, 0.5) is 0 Å². The van der Waals surface area contributed by atoms with Crippen LogP contribution in [0.15, 0.2) is 42.5 Å². The Balaban J connectivity index is 2.32. The van der Waals surface area contributed by atoms with E-state index in [4.69, 9.17) is 4.74 Å². The van der Waals surface area contributed by atoms with E-state index in [-0.39, 0.29) is 0 Å². The molecular weight excluding hydrogens is 262 g/mol. The molecule has 0 aliphatic heterocycles. The molecule has 0 unspecified atom stereocenters. The van der Waals surface area contributed by atoms with Crippen molar-refractivity contribution >= 4 is 17.2 Å². The average molecular weight is 279 g/mol. The van der Waals surface area contributed by atoms with E-state index in [0.717, 1.165) is 45.3 Å². The van der Waals surface area contributed by atoms with Gasteiger partial charge in [-0.05, 0) is 42.3 Å². The minimum atomic E-state index is 0.734. The molecule has 3 aromatic rings. The normalized spacial score (nSPS) is 10.8. The summed E-state index contributed by atoms with van der Waals surface area (Å²) in [5.74, 6) is 0.852. The first-order chi connectivity index (χ1) is 10.2. The maximum atomic E-state index is 11.6. The third-order valence-electron chi connectivity index (χ3n) is 3.93. The van der Waals surface area contributed by atoms with Crippen molar-refractivity contribution < 1.29 is 9.53 Å². The number of hydrogen-bond acceptors (Lipinski definition) is 2. The van der Waals surface area contributed by atoms with Crippen molar-refractivity contribution in [3.63, 3.8) is 0 Å². The number of rotatable bonds is 3. The van der Waals surface area contributed by atoms with Crippen molar-refractivity contribution in [2.45, 2.75) is 6.92 Å². The van der Waals surface area contributed by atoms with E-state index >= 15 is 0 Å². The number of aromatic nitrogens is 1. The smallest absolute Gasteiger partial charge is 0.152 e. The van der Waals surface area contributed by atoms with Crippen LogP contribution in [0.2, 0.25) is 0 Å². The summed E-state index contributed by atoms with van der Waals surface area (Å²) < 4.78 is 7.37. The number of ether oxygens (including phenoxy) is 1. The molecule has 2 aromatic carbocycles. The van der Waals surface area contributed by atoms with Gasteiger partial charge >= 0.3 is 0 Å². The number of aldehydes is 1. The molecule has 21 heavy (non-hydrogen) atoms. The second kappa shape index (κ2) is 5.09. The second-order valence-electron chi connectivity index (χ2n) is 5.14. The van der Waals surface area contributed by atoms with E-state index in [1.165, 1.54) is 0 Å². The van der Waals surface area contributed by atoms with Crippen molar-refractivity contribution in [1.29, 1.82) is 0 Å². The summed E-state index contributed by atoms with van der Waals surface area (Å²) in [5.41, 5.74) is 4.81. The van der Waals surface area contributed by atoms with E-state index in [2.05, 4.69) is 10.6 Å². The fraction of sp³-hybridized carbons (Fsp3) is 0.167. The zero-order valence-electron chi connectivity index (χ0n) is 12.4. The summed E-state index contributed by atoms with van der Waals surface area (Å²) in [6.45, 7) is 2.01. The highest BCUT2D eigenvalue weighted by Gasteiger charge is 2.16. The lowest BCUT2D eigenvalue weighted by molar-refractivity contribution is 0.112. The summed E-state index contributed by atoms with van der Waals surface area (Å²) in [5, 5.41) is 0.985. The number of carbonyl (C=O) groups excluding carboxylic acids is 1. The van der Waals surface area contributed by atoms with Gasteiger partial charge in [0.25, 0.3) is 0 Å². The molecule has 0 saturated carbocycles. The molecule has 0 aliphatic carbocycles. The van der Waals surface area contributed by atoms with Gasteiger partial charge in [-0.3, -0.25) is 4.79 Å². The zero-order chi connectivity index (χ0) is 15.0. The van der Waals surface area contributed by atoms with Gasteiger partial charge in [0, 0.05) is 23.5 Å². The summed E-state index contributed by atoms with van der Waals surface area (Å²) >= 11 is 0. The first-order valence-electron chi connectivity index (χ1n) is 6.85. The highest BCUT2D eigenvalue weighted by Crippen LogP contribution is 2.33. The number of benzene rings is 2. The first-order valence-corrected chi connectivity index (χ1v) is 6.85. The monoisotopic (exact) mass is 279 g/mol. The van der Waals surface area contributed by atoms with Crippen LogP contribution in [0.3, 0.4) is 0 Å². The van der Waals surface area contributed by atoms with E-state index < -0.39 is 0 Å². The van der Waals surface area contributed by atoms with Crippen LogP contribution < -0.4 is 4.74 Å². The molecule has 0 radical (unpaired) electrons. The van der Waals surface area contributed by atoms with Crippen molar-refractivity contribution in [2.75, 3.05) is 7.11 Å². The molecule has 0 spiro atoms. The van der Waals surface area contributed by atoms with Gasteiger partial charge in [0.15, 0.2) is 6.29 Å². The Labute approximate surface area is 123 Å². The Hall–Kier alpha value is -2.55. The average Bonchev–Trinajstić information content (AvgIpc) is 2.80. The molecule has 0 bridgehead atoms. The summed E-state index contributed by atoms with van der Waals surface area (Å²) in [6, 6.07) is 13.9. The van der Waals surface area contributed by atoms with Crippen molar-refractivity contribution in [3.05, 3.63) is 53.6 Å². The highest BCUT2D eigenvalue weighted by atomic mass is 16.5. The van der Waals surface area contributed by atoms with Gasteiger partial charge in [0.2, 0.25) is 0 Å². The molecule has 0 fully saturated rings. The maximum Gasteiger partial charge on any atom is 0.152 e. The number of nitrogens with zero attached hydrogens (tertiary/aromatic N) is 1.